The van der Waals surface area contributed by atoms with E-state index in [2.05, 4.69) is 0 Å². The molecule has 1 saturated heterocycles. The number of phenolic OH excluding ortho intramolecular Hbond substituents is 3. The van der Waals surface area contributed by atoms with Crippen molar-refractivity contribution in [1.82, 2.24) is 15.1 Å². The van der Waals surface area contributed by atoms with Gasteiger partial charge >= 0.3 is 0 Å². The second kappa shape index (κ2) is 11.6. The zero-order valence-electron chi connectivity index (χ0n) is 22.8. The Morgan fingerprint density at radius 1 is 1.12 bits per heavy atom. The Kier molecular flexibility index (Phi) is 8.61. The summed E-state index contributed by atoms with van der Waals surface area (Å²) in [6, 6.07) is 3.89. The molecule has 0 aromatic heterocycles. The maximum atomic E-state index is 15.6. The van der Waals surface area contributed by atoms with E-state index in [-0.39, 0.29) is 29.0 Å². The van der Waals surface area contributed by atoms with Gasteiger partial charge in [0, 0.05) is 43.4 Å². The molecule has 2 aromatic rings. The predicted octanol–water partition coefficient (Wildman–Crippen LogP) is -2.52. The highest BCUT2D eigenvalue weighted by Crippen LogP contribution is 2.44. The van der Waals surface area contributed by atoms with E-state index in [0.717, 1.165) is 7.05 Å². The Balaban J connectivity index is 1.68. The molecule has 1 atom stereocenters. The molecule has 2 aliphatic rings. The largest absolute Gasteiger partial charge is 0.504 e. The fourth-order valence-electron chi connectivity index (χ4n) is 4.94. The highest BCUT2D eigenvalue weighted by atomic mass is 19.1. The summed E-state index contributed by atoms with van der Waals surface area (Å²) in [6.07, 6.45) is -0.693. The molecule has 2 radical (unpaired) electrons. The molecule has 230 valence electrons. The SMILES string of the molecule is [B]C(C(=O)NC)(N1Cc2c(OCc3c(O)c(O)c(O)c(CN4CCOCC4)c3F)cccc2C1=O)C(O)(O)C(O)(O)C=O. The van der Waals surface area contributed by atoms with E-state index >= 15 is 4.39 Å². The second-order valence-electron chi connectivity index (χ2n) is 10.0. The first kappa shape index (κ1) is 31.9. The minimum absolute atomic E-state index is 0.0222. The first-order chi connectivity index (χ1) is 20.1. The molecule has 0 saturated carbocycles. The van der Waals surface area contributed by atoms with Crippen molar-refractivity contribution in [3.63, 3.8) is 0 Å². The Morgan fingerprint density at radius 2 is 1.74 bits per heavy atom. The fourth-order valence-corrected chi connectivity index (χ4v) is 4.94. The number of carbonyl (C=O) groups excluding carboxylic acids is 3. The number of carbonyl (C=O) groups is 3. The Labute approximate surface area is 244 Å². The number of hydrogen-bond acceptors (Lipinski definition) is 13. The summed E-state index contributed by atoms with van der Waals surface area (Å²) in [4.78, 5) is 39.5. The molecule has 0 bridgehead atoms. The van der Waals surface area contributed by atoms with Gasteiger partial charge in [0.2, 0.25) is 17.4 Å². The maximum absolute atomic E-state index is 15.6. The third-order valence-corrected chi connectivity index (χ3v) is 7.54. The predicted molar refractivity (Wildman–Crippen MR) is 141 cm³/mol. The number of rotatable bonds is 10. The van der Waals surface area contributed by atoms with E-state index in [9.17, 15) is 50.1 Å². The summed E-state index contributed by atoms with van der Waals surface area (Å²) >= 11 is 0. The number of amides is 2. The quantitative estimate of drug-likeness (QED) is 0.0606. The van der Waals surface area contributed by atoms with Crippen molar-refractivity contribution in [3.8, 4) is 23.0 Å². The summed E-state index contributed by atoms with van der Waals surface area (Å²) in [6.45, 7) is 0.0462. The number of fused-ring (bicyclic) bond motifs is 1. The van der Waals surface area contributed by atoms with E-state index in [4.69, 9.17) is 17.3 Å². The summed E-state index contributed by atoms with van der Waals surface area (Å²) in [5.74, 6) is -14.8. The van der Waals surface area contributed by atoms with Crippen LogP contribution < -0.4 is 10.1 Å². The highest BCUT2D eigenvalue weighted by Gasteiger charge is 2.67. The van der Waals surface area contributed by atoms with Gasteiger partial charge in [-0.2, -0.15) is 0 Å². The van der Waals surface area contributed by atoms with Gasteiger partial charge in [-0.25, -0.2) is 4.39 Å². The number of aldehydes is 1. The summed E-state index contributed by atoms with van der Waals surface area (Å²) in [5, 5.41) is 74.1. The summed E-state index contributed by atoms with van der Waals surface area (Å²) < 4.78 is 26.5. The summed E-state index contributed by atoms with van der Waals surface area (Å²) in [7, 11) is 6.97. The standard InChI is InChI=1S/C26H29BFN3O12/c1-29-23(37)25(27,26(40,41)24(38,39)12-32)31-10-14-13(22(31)36)3-2-4-17(14)43-11-16-18(28)15(19(33)21(35)20(16)34)9-30-5-7-42-8-6-30/h2-4,12,33-35,38-41H,5-11H2,1H3,(H,29,37). The molecule has 1 unspecified atom stereocenters. The zero-order valence-corrected chi connectivity index (χ0v) is 22.8. The topological polar surface area (TPSA) is 230 Å². The third kappa shape index (κ3) is 5.13. The molecular formula is C26H29BFN3O12. The van der Waals surface area contributed by atoms with Crippen LogP contribution in [0, 0.1) is 5.82 Å². The first-order valence-corrected chi connectivity index (χ1v) is 12.8. The van der Waals surface area contributed by atoms with Crippen LogP contribution in [0.5, 0.6) is 23.0 Å². The molecule has 2 aliphatic heterocycles. The molecule has 43 heavy (non-hydrogen) atoms. The minimum Gasteiger partial charge on any atom is -0.504 e. The average molecular weight is 605 g/mol. The molecule has 2 heterocycles. The van der Waals surface area contributed by atoms with E-state index in [1.165, 1.54) is 18.2 Å². The molecule has 4 rings (SSSR count). The Morgan fingerprint density at radius 3 is 2.35 bits per heavy atom. The van der Waals surface area contributed by atoms with Crippen LogP contribution >= 0.6 is 0 Å². The number of likely N-dealkylation sites (N-methyl/N-ethyl adjacent to an activating group) is 1. The van der Waals surface area contributed by atoms with Gasteiger partial charge in [-0.05, 0) is 12.1 Å². The smallest absolute Gasteiger partial charge is 0.278 e. The van der Waals surface area contributed by atoms with Crippen molar-refractivity contribution in [2.24, 2.45) is 0 Å². The van der Waals surface area contributed by atoms with E-state index < -0.39 is 76.9 Å². The van der Waals surface area contributed by atoms with Gasteiger partial charge in [-0.15, -0.1) is 0 Å². The van der Waals surface area contributed by atoms with Gasteiger partial charge in [0.25, 0.3) is 11.7 Å². The second-order valence-corrected chi connectivity index (χ2v) is 10.0. The molecule has 8 N–H and O–H groups in total. The highest BCUT2D eigenvalue weighted by molar-refractivity contribution is 6.31. The lowest BCUT2D eigenvalue weighted by Gasteiger charge is -2.48. The minimum atomic E-state index is -4.14. The van der Waals surface area contributed by atoms with Crippen molar-refractivity contribution in [3.05, 3.63) is 46.3 Å². The molecule has 15 nitrogen and oxygen atoms in total. The van der Waals surface area contributed by atoms with Gasteiger partial charge in [0.1, 0.15) is 31.5 Å². The molecule has 17 heteroatoms. The van der Waals surface area contributed by atoms with Crippen LogP contribution in [0.2, 0.25) is 0 Å². The van der Waals surface area contributed by atoms with Gasteiger partial charge in [0.15, 0.2) is 17.8 Å². The number of phenols is 3. The third-order valence-electron chi connectivity index (χ3n) is 7.54. The average Bonchev–Trinajstić information content (AvgIpc) is 3.34. The number of benzene rings is 2. The Bertz CT molecular complexity index is 1450. The van der Waals surface area contributed by atoms with Crippen molar-refractivity contribution in [2.75, 3.05) is 33.4 Å². The van der Waals surface area contributed by atoms with Crippen LogP contribution in [-0.2, 0) is 34.0 Å². The number of aromatic hydroxyl groups is 3. The van der Waals surface area contributed by atoms with Crippen molar-refractivity contribution in [2.45, 2.75) is 36.7 Å². The zero-order chi connectivity index (χ0) is 31.9. The number of nitrogens with zero attached hydrogens (tertiary/aromatic N) is 2. The number of aliphatic hydroxyl groups is 4. The van der Waals surface area contributed by atoms with Gasteiger partial charge in [0.05, 0.1) is 25.3 Å². The van der Waals surface area contributed by atoms with Crippen LogP contribution in [0.4, 0.5) is 4.39 Å². The lowest BCUT2D eigenvalue weighted by molar-refractivity contribution is -0.352. The first-order valence-electron chi connectivity index (χ1n) is 12.8. The van der Waals surface area contributed by atoms with Gasteiger partial charge in [-0.1, -0.05) is 6.07 Å². The number of nitrogens with one attached hydrogen (secondary N) is 1. The molecular weight excluding hydrogens is 576 g/mol. The monoisotopic (exact) mass is 605 g/mol. The molecule has 0 aliphatic carbocycles. The van der Waals surface area contributed by atoms with Crippen molar-refractivity contribution in [1.29, 1.82) is 0 Å². The van der Waals surface area contributed by atoms with E-state index in [1.54, 1.807) is 4.90 Å². The summed E-state index contributed by atoms with van der Waals surface area (Å²) in [5.41, 5.74) is -4.40. The number of hydrogen-bond donors (Lipinski definition) is 8. The van der Waals surface area contributed by atoms with Crippen LogP contribution in [0.25, 0.3) is 0 Å². The molecule has 2 amide bonds. The normalized spacial score (nSPS) is 17.3. The number of halogens is 1. The van der Waals surface area contributed by atoms with Crippen LogP contribution in [-0.4, -0.2) is 122 Å². The molecule has 1 fully saturated rings. The maximum Gasteiger partial charge on any atom is 0.278 e. The lowest BCUT2D eigenvalue weighted by atomic mass is 9.65. The van der Waals surface area contributed by atoms with Gasteiger partial charge in [-0.3, -0.25) is 19.3 Å². The van der Waals surface area contributed by atoms with Crippen LogP contribution in [0.15, 0.2) is 18.2 Å². The van der Waals surface area contributed by atoms with Crippen molar-refractivity contribution < 1.29 is 64.0 Å². The van der Waals surface area contributed by atoms with Crippen LogP contribution in [0.1, 0.15) is 27.0 Å². The Hall–Kier alpha value is -4.00. The van der Waals surface area contributed by atoms with E-state index in [0.29, 0.717) is 31.2 Å². The van der Waals surface area contributed by atoms with Gasteiger partial charge < -0.3 is 55.4 Å². The lowest BCUT2D eigenvalue weighted by Crippen LogP contribution is -2.79. The molecule has 2 aromatic carbocycles. The van der Waals surface area contributed by atoms with E-state index in [1.807, 2.05) is 5.32 Å². The van der Waals surface area contributed by atoms with Crippen molar-refractivity contribution >= 4 is 25.9 Å². The van der Waals surface area contributed by atoms with Crippen LogP contribution in [0.3, 0.4) is 0 Å². The number of morpholine rings is 1. The molecule has 0 spiro atoms. The fraction of sp³-hybridized carbons (Fsp3) is 0.423. The number of ether oxygens (including phenoxy) is 2.